The smallest absolute Gasteiger partial charge is 0.252 e. The number of para-hydroxylation sites is 1. The van der Waals surface area contributed by atoms with E-state index < -0.39 is 0 Å². The molecule has 30 heavy (non-hydrogen) atoms. The summed E-state index contributed by atoms with van der Waals surface area (Å²) < 4.78 is 5.82. The van der Waals surface area contributed by atoms with Crippen molar-refractivity contribution in [3.8, 4) is 11.3 Å². The van der Waals surface area contributed by atoms with Gasteiger partial charge < -0.3 is 10.1 Å². The van der Waals surface area contributed by atoms with Crippen molar-refractivity contribution in [3.05, 3.63) is 60.4 Å². The first-order valence-corrected chi connectivity index (χ1v) is 10.5. The van der Waals surface area contributed by atoms with Gasteiger partial charge in [-0.15, -0.1) is 0 Å². The fraction of sp³-hybridized carbons (Fsp3) is 0.375. The molecule has 1 aliphatic rings. The van der Waals surface area contributed by atoms with E-state index in [1.54, 1.807) is 12.4 Å². The number of fused-ring (bicyclic) bond motifs is 1. The lowest BCUT2D eigenvalue weighted by Crippen LogP contribution is -2.52. The Morgan fingerprint density at radius 2 is 1.87 bits per heavy atom. The van der Waals surface area contributed by atoms with Crippen LogP contribution in [-0.4, -0.2) is 58.7 Å². The fourth-order valence-corrected chi connectivity index (χ4v) is 4.08. The van der Waals surface area contributed by atoms with E-state index in [0.29, 0.717) is 12.1 Å². The van der Waals surface area contributed by atoms with E-state index >= 15 is 0 Å². The summed E-state index contributed by atoms with van der Waals surface area (Å²) in [6.07, 6.45) is 3.88. The molecule has 3 heterocycles. The van der Waals surface area contributed by atoms with Crippen LogP contribution >= 0.6 is 0 Å². The van der Waals surface area contributed by atoms with Crippen molar-refractivity contribution in [2.24, 2.45) is 0 Å². The Morgan fingerprint density at radius 1 is 1.17 bits per heavy atom. The minimum Gasteiger partial charge on any atom is -0.373 e. The summed E-state index contributed by atoms with van der Waals surface area (Å²) in [7, 11) is 0. The van der Waals surface area contributed by atoms with Crippen LogP contribution in [0.15, 0.2) is 54.9 Å². The van der Waals surface area contributed by atoms with Crippen LogP contribution in [0, 0.1) is 0 Å². The standard InChI is InChI=1S/C24H28N4O2/c1-16(28-14-17(2)30-18(3)15-28)13-26-24(29)21-12-23(19-8-10-25-11-9-19)27-22-7-5-4-6-20(21)22/h4-12,16-18H,13-15H2,1-3H3,(H,26,29)/t16-,17-,18+/m0/s1. The van der Waals surface area contributed by atoms with Gasteiger partial charge in [-0.05, 0) is 45.0 Å². The number of ether oxygens (including phenoxy) is 1. The first kappa shape index (κ1) is 20.4. The van der Waals surface area contributed by atoms with Crippen molar-refractivity contribution in [1.82, 2.24) is 20.2 Å². The molecule has 2 aromatic heterocycles. The lowest BCUT2D eigenvalue weighted by molar-refractivity contribution is -0.0778. The van der Waals surface area contributed by atoms with Crippen molar-refractivity contribution >= 4 is 16.8 Å². The van der Waals surface area contributed by atoms with E-state index in [2.05, 4.69) is 36.0 Å². The van der Waals surface area contributed by atoms with Crippen LogP contribution < -0.4 is 5.32 Å². The number of carbonyl (C=O) groups excluding carboxylic acids is 1. The van der Waals surface area contributed by atoms with Crippen molar-refractivity contribution in [2.75, 3.05) is 19.6 Å². The molecule has 3 aromatic rings. The molecular formula is C24H28N4O2. The van der Waals surface area contributed by atoms with E-state index in [1.165, 1.54) is 0 Å². The first-order valence-electron chi connectivity index (χ1n) is 10.5. The van der Waals surface area contributed by atoms with Gasteiger partial charge in [-0.3, -0.25) is 14.7 Å². The molecule has 4 rings (SSSR count). The summed E-state index contributed by atoms with van der Waals surface area (Å²) in [5.74, 6) is -0.0786. The Hall–Kier alpha value is -2.83. The van der Waals surface area contributed by atoms with Gasteiger partial charge in [0, 0.05) is 49.0 Å². The molecule has 1 fully saturated rings. The normalized spacial score (nSPS) is 20.8. The maximum Gasteiger partial charge on any atom is 0.252 e. The van der Waals surface area contributed by atoms with Gasteiger partial charge in [-0.2, -0.15) is 0 Å². The molecule has 3 atom stereocenters. The largest absolute Gasteiger partial charge is 0.373 e. The van der Waals surface area contributed by atoms with Gasteiger partial charge in [0.1, 0.15) is 0 Å². The third kappa shape index (κ3) is 4.50. The maximum atomic E-state index is 13.2. The summed E-state index contributed by atoms with van der Waals surface area (Å²) >= 11 is 0. The van der Waals surface area contributed by atoms with Gasteiger partial charge in [0.25, 0.3) is 5.91 Å². The number of hydrogen-bond donors (Lipinski definition) is 1. The first-order chi connectivity index (χ1) is 14.5. The summed E-state index contributed by atoms with van der Waals surface area (Å²) in [6, 6.07) is 13.7. The number of nitrogens with zero attached hydrogens (tertiary/aromatic N) is 3. The zero-order valence-corrected chi connectivity index (χ0v) is 17.7. The minimum absolute atomic E-state index is 0.0786. The Balaban J connectivity index is 1.55. The van der Waals surface area contributed by atoms with E-state index in [1.807, 2.05) is 42.5 Å². The van der Waals surface area contributed by atoms with E-state index in [9.17, 15) is 4.79 Å². The Bertz CT molecular complexity index is 1010. The number of amides is 1. The van der Waals surface area contributed by atoms with E-state index in [-0.39, 0.29) is 24.2 Å². The van der Waals surface area contributed by atoms with Crippen LogP contribution in [0.2, 0.25) is 0 Å². The molecule has 1 amide bonds. The molecular weight excluding hydrogens is 376 g/mol. The highest BCUT2D eigenvalue weighted by Crippen LogP contribution is 2.24. The molecule has 6 heteroatoms. The van der Waals surface area contributed by atoms with Crippen LogP contribution in [-0.2, 0) is 4.74 Å². The summed E-state index contributed by atoms with van der Waals surface area (Å²) in [4.78, 5) is 24.4. The van der Waals surface area contributed by atoms with Crippen molar-refractivity contribution in [3.63, 3.8) is 0 Å². The Morgan fingerprint density at radius 3 is 2.60 bits per heavy atom. The third-order valence-electron chi connectivity index (χ3n) is 5.57. The Kier molecular flexibility index (Phi) is 6.06. The molecule has 0 aliphatic carbocycles. The third-order valence-corrected chi connectivity index (χ3v) is 5.57. The molecule has 1 N–H and O–H groups in total. The predicted octanol–water partition coefficient (Wildman–Crippen LogP) is 3.52. The maximum absolute atomic E-state index is 13.2. The average molecular weight is 405 g/mol. The number of benzene rings is 1. The number of rotatable bonds is 5. The Labute approximate surface area is 177 Å². The summed E-state index contributed by atoms with van der Waals surface area (Å²) in [5.41, 5.74) is 3.16. The molecule has 6 nitrogen and oxygen atoms in total. The molecule has 0 spiro atoms. The number of hydrogen-bond acceptors (Lipinski definition) is 5. The van der Waals surface area contributed by atoms with Crippen LogP contribution in [0.25, 0.3) is 22.2 Å². The zero-order chi connectivity index (χ0) is 21.1. The number of morpholine rings is 1. The number of aromatic nitrogens is 2. The molecule has 1 saturated heterocycles. The number of nitrogens with one attached hydrogen (secondary N) is 1. The second-order valence-electron chi connectivity index (χ2n) is 8.08. The molecule has 0 saturated carbocycles. The zero-order valence-electron chi connectivity index (χ0n) is 17.7. The number of pyridine rings is 2. The molecule has 0 bridgehead atoms. The van der Waals surface area contributed by atoms with Crippen molar-refractivity contribution in [2.45, 2.75) is 39.0 Å². The van der Waals surface area contributed by atoms with Gasteiger partial charge in [-0.25, -0.2) is 4.98 Å². The van der Waals surface area contributed by atoms with E-state index in [0.717, 1.165) is 35.2 Å². The average Bonchev–Trinajstić information content (AvgIpc) is 2.76. The quantitative estimate of drug-likeness (QED) is 0.705. The lowest BCUT2D eigenvalue weighted by Gasteiger charge is -2.39. The highest BCUT2D eigenvalue weighted by Gasteiger charge is 2.26. The van der Waals surface area contributed by atoms with Gasteiger partial charge >= 0.3 is 0 Å². The van der Waals surface area contributed by atoms with Gasteiger partial charge in [0.05, 0.1) is 29.0 Å². The molecule has 156 valence electrons. The van der Waals surface area contributed by atoms with Gasteiger partial charge in [0.15, 0.2) is 0 Å². The summed E-state index contributed by atoms with van der Waals surface area (Å²) in [5, 5.41) is 3.99. The van der Waals surface area contributed by atoms with Crippen LogP contribution in [0.3, 0.4) is 0 Å². The van der Waals surface area contributed by atoms with Gasteiger partial charge in [0.2, 0.25) is 0 Å². The number of carbonyl (C=O) groups is 1. The van der Waals surface area contributed by atoms with Crippen LogP contribution in [0.4, 0.5) is 0 Å². The fourth-order valence-electron chi connectivity index (χ4n) is 4.08. The SMILES string of the molecule is C[C@@H]1CN([C@@H](C)CNC(=O)c2cc(-c3ccncc3)nc3ccccc23)C[C@H](C)O1. The lowest BCUT2D eigenvalue weighted by atomic mass is 10.0. The topological polar surface area (TPSA) is 67.4 Å². The molecule has 0 unspecified atom stereocenters. The predicted molar refractivity (Wildman–Crippen MR) is 118 cm³/mol. The van der Waals surface area contributed by atoms with Gasteiger partial charge in [-0.1, -0.05) is 18.2 Å². The van der Waals surface area contributed by atoms with E-state index in [4.69, 9.17) is 9.72 Å². The molecule has 1 aromatic carbocycles. The summed E-state index contributed by atoms with van der Waals surface area (Å²) in [6.45, 7) is 8.69. The second-order valence-corrected chi connectivity index (χ2v) is 8.08. The molecule has 1 aliphatic heterocycles. The monoisotopic (exact) mass is 404 g/mol. The highest BCUT2D eigenvalue weighted by atomic mass is 16.5. The highest BCUT2D eigenvalue weighted by molar-refractivity contribution is 6.07. The molecule has 0 radical (unpaired) electrons. The van der Waals surface area contributed by atoms with Crippen molar-refractivity contribution in [1.29, 1.82) is 0 Å². The van der Waals surface area contributed by atoms with Crippen molar-refractivity contribution < 1.29 is 9.53 Å². The van der Waals surface area contributed by atoms with Crippen LogP contribution in [0.1, 0.15) is 31.1 Å². The van der Waals surface area contributed by atoms with Crippen LogP contribution in [0.5, 0.6) is 0 Å². The second kappa shape index (κ2) is 8.90. The minimum atomic E-state index is -0.0786.